The van der Waals surface area contributed by atoms with Crippen molar-refractivity contribution in [3.05, 3.63) is 59.2 Å². The van der Waals surface area contributed by atoms with Crippen LogP contribution in [0.5, 0.6) is 5.75 Å². The van der Waals surface area contributed by atoms with Crippen molar-refractivity contribution >= 4 is 17.5 Å². The van der Waals surface area contributed by atoms with E-state index in [1.807, 2.05) is 49.4 Å². The molecule has 2 N–H and O–H groups in total. The minimum absolute atomic E-state index is 0.176. The standard InChI is InChI=1S/C23H28N2O3/c1-4-18-7-5-6-16(2)20(18)25-22(27)23(13-14-23)21(26)24-15-12-17-8-10-19(28-3)11-9-17/h5-11H,4,12-15H2,1-3H3,(H,24,26)(H,25,27). The van der Waals surface area contributed by atoms with Crippen LogP contribution in [-0.2, 0) is 22.4 Å². The number of carbonyl (C=O) groups excluding carboxylic acids is 2. The second kappa shape index (κ2) is 8.46. The zero-order valence-electron chi connectivity index (χ0n) is 16.8. The summed E-state index contributed by atoms with van der Waals surface area (Å²) in [6, 6.07) is 13.7. The zero-order valence-corrected chi connectivity index (χ0v) is 16.8. The Balaban J connectivity index is 1.58. The Bertz CT molecular complexity index is 855. The van der Waals surface area contributed by atoms with Gasteiger partial charge in [-0.05, 0) is 61.4 Å². The van der Waals surface area contributed by atoms with Crippen LogP contribution in [0.1, 0.15) is 36.5 Å². The molecule has 28 heavy (non-hydrogen) atoms. The van der Waals surface area contributed by atoms with Crippen molar-refractivity contribution in [3.63, 3.8) is 0 Å². The van der Waals surface area contributed by atoms with E-state index in [9.17, 15) is 9.59 Å². The Morgan fingerprint density at radius 2 is 1.79 bits per heavy atom. The second-order valence-corrected chi connectivity index (χ2v) is 7.35. The summed E-state index contributed by atoms with van der Waals surface area (Å²) in [5.41, 5.74) is 3.13. The molecule has 0 saturated heterocycles. The van der Waals surface area contributed by atoms with Crippen molar-refractivity contribution in [2.24, 2.45) is 5.41 Å². The highest BCUT2D eigenvalue weighted by molar-refractivity contribution is 6.13. The molecule has 3 rings (SSSR count). The fraction of sp³-hybridized carbons (Fsp3) is 0.391. The third kappa shape index (κ3) is 4.19. The van der Waals surface area contributed by atoms with Crippen LogP contribution in [-0.4, -0.2) is 25.5 Å². The Labute approximate surface area is 166 Å². The van der Waals surface area contributed by atoms with Gasteiger partial charge >= 0.3 is 0 Å². The minimum atomic E-state index is -0.923. The molecule has 2 aromatic carbocycles. The number of methoxy groups -OCH3 is 1. The molecule has 0 aliphatic heterocycles. The van der Waals surface area contributed by atoms with Gasteiger partial charge in [0.2, 0.25) is 11.8 Å². The molecule has 5 heteroatoms. The lowest BCUT2D eigenvalue weighted by Crippen LogP contribution is -2.40. The van der Waals surface area contributed by atoms with E-state index in [2.05, 4.69) is 17.6 Å². The van der Waals surface area contributed by atoms with Crippen LogP contribution in [0, 0.1) is 12.3 Å². The second-order valence-electron chi connectivity index (χ2n) is 7.35. The first-order valence-electron chi connectivity index (χ1n) is 9.81. The van der Waals surface area contributed by atoms with E-state index in [1.54, 1.807) is 7.11 Å². The molecule has 0 atom stereocenters. The van der Waals surface area contributed by atoms with Gasteiger partial charge in [-0.15, -0.1) is 0 Å². The van der Waals surface area contributed by atoms with Crippen molar-refractivity contribution in [3.8, 4) is 5.75 Å². The summed E-state index contributed by atoms with van der Waals surface area (Å²) in [6.45, 7) is 4.54. The van der Waals surface area contributed by atoms with Crippen LogP contribution in [0.3, 0.4) is 0 Å². The molecule has 0 bridgehead atoms. The van der Waals surface area contributed by atoms with E-state index in [4.69, 9.17) is 4.74 Å². The van der Waals surface area contributed by atoms with Gasteiger partial charge in [0.1, 0.15) is 11.2 Å². The molecule has 1 aliphatic carbocycles. The quantitative estimate of drug-likeness (QED) is 0.687. The zero-order chi connectivity index (χ0) is 20.1. The SMILES string of the molecule is CCc1cccc(C)c1NC(=O)C1(C(=O)NCCc2ccc(OC)cc2)CC1. The van der Waals surface area contributed by atoms with Gasteiger partial charge < -0.3 is 15.4 Å². The summed E-state index contributed by atoms with van der Waals surface area (Å²) in [5, 5.41) is 5.96. The maximum Gasteiger partial charge on any atom is 0.240 e. The third-order valence-corrected chi connectivity index (χ3v) is 5.46. The summed E-state index contributed by atoms with van der Waals surface area (Å²) < 4.78 is 5.15. The monoisotopic (exact) mass is 380 g/mol. The van der Waals surface area contributed by atoms with Gasteiger partial charge in [-0.25, -0.2) is 0 Å². The first-order chi connectivity index (χ1) is 13.5. The predicted molar refractivity (Wildman–Crippen MR) is 111 cm³/mol. The molecule has 1 saturated carbocycles. The number of ether oxygens (including phenoxy) is 1. The molecule has 148 valence electrons. The van der Waals surface area contributed by atoms with Gasteiger partial charge in [0, 0.05) is 12.2 Å². The molecule has 0 heterocycles. The molecule has 1 aliphatic rings. The fourth-order valence-corrected chi connectivity index (χ4v) is 3.40. The summed E-state index contributed by atoms with van der Waals surface area (Å²) in [7, 11) is 1.63. The van der Waals surface area contributed by atoms with Crippen molar-refractivity contribution in [2.45, 2.75) is 39.5 Å². The number of amides is 2. The van der Waals surface area contributed by atoms with Crippen molar-refractivity contribution in [1.29, 1.82) is 0 Å². The average Bonchev–Trinajstić information content (AvgIpc) is 3.52. The third-order valence-electron chi connectivity index (χ3n) is 5.46. The van der Waals surface area contributed by atoms with Crippen LogP contribution in [0.25, 0.3) is 0 Å². The van der Waals surface area contributed by atoms with E-state index in [-0.39, 0.29) is 11.8 Å². The average molecular weight is 380 g/mol. The Kier molecular flexibility index (Phi) is 6.02. The lowest BCUT2D eigenvalue weighted by molar-refractivity contribution is -0.134. The van der Waals surface area contributed by atoms with Gasteiger partial charge in [0.05, 0.1) is 7.11 Å². The number of benzene rings is 2. The maximum absolute atomic E-state index is 12.9. The van der Waals surface area contributed by atoms with Crippen LogP contribution < -0.4 is 15.4 Å². The van der Waals surface area contributed by atoms with Crippen molar-refractivity contribution in [1.82, 2.24) is 5.32 Å². The molecular formula is C23H28N2O3. The highest BCUT2D eigenvalue weighted by atomic mass is 16.5. The predicted octanol–water partition coefficient (Wildman–Crippen LogP) is 3.64. The van der Waals surface area contributed by atoms with Crippen LogP contribution in [0.2, 0.25) is 0 Å². The van der Waals surface area contributed by atoms with E-state index < -0.39 is 5.41 Å². The number of para-hydroxylation sites is 1. The van der Waals surface area contributed by atoms with Gasteiger partial charge in [-0.2, -0.15) is 0 Å². The summed E-state index contributed by atoms with van der Waals surface area (Å²) >= 11 is 0. The molecule has 1 fully saturated rings. The molecular weight excluding hydrogens is 352 g/mol. The largest absolute Gasteiger partial charge is 0.497 e. The molecule has 2 amide bonds. The Morgan fingerprint density at radius 3 is 2.39 bits per heavy atom. The number of carbonyl (C=O) groups is 2. The smallest absolute Gasteiger partial charge is 0.240 e. The number of hydrogen-bond donors (Lipinski definition) is 2. The van der Waals surface area contributed by atoms with Crippen LogP contribution >= 0.6 is 0 Å². The molecule has 0 aromatic heterocycles. The number of nitrogens with one attached hydrogen (secondary N) is 2. The minimum Gasteiger partial charge on any atom is -0.497 e. The highest BCUT2D eigenvalue weighted by Gasteiger charge is 2.56. The summed E-state index contributed by atoms with van der Waals surface area (Å²) in [5.74, 6) is 0.438. The van der Waals surface area contributed by atoms with Gasteiger partial charge in [0.25, 0.3) is 0 Å². The Hall–Kier alpha value is -2.82. The Morgan fingerprint density at radius 1 is 1.07 bits per heavy atom. The molecule has 5 nitrogen and oxygen atoms in total. The summed E-state index contributed by atoms with van der Waals surface area (Å²) in [6.07, 6.45) is 2.74. The van der Waals surface area contributed by atoms with Crippen molar-refractivity contribution < 1.29 is 14.3 Å². The topological polar surface area (TPSA) is 67.4 Å². The van der Waals surface area contributed by atoms with Crippen molar-refractivity contribution in [2.75, 3.05) is 19.0 Å². The van der Waals surface area contributed by atoms with Crippen LogP contribution in [0.4, 0.5) is 5.69 Å². The van der Waals surface area contributed by atoms with E-state index in [0.29, 0.717) is 25.8 Å². The lowest BCUT2D eigenvalue weighted by atomic mass is 10.0. The molecule has 0 radical (unpaired) electrons. The first kappa shape index (κ1) is 19.9. The van der Waals surface area contributed by atoms with Crippen LogP contribution in [0.15, 0.2) is 42.5 Å². The van der Waals surface area contributed by atoms with Gasteiger partial charge in [0.15, 0.2) is 0 Å². The normalized spacial score (nSPS) is 14.2. The number of rotatable bonds is 8. The number of aryl methyl sites for hydroxylation is 2. The van der Waals surface area contributed by atoms with Gasteiger partial charge in [-0.1, -0.05) is 37.3 Å². The number of hydrogen-bond acceptors (Lipinski definition) is 3. The van der Waals surface area contributed by atoms with E-state index in [0.717, 1.165) is 34.5 Å². The molecule has 2 aromatic rings. The number of anilines is 1. The molecule has 0 unspecified atom stereocenters. The molecule has 0 spiro atoms. The summed E-state index contributed by atoms with van der Waals surface area (Å²) in [4.78, 5) is 25.6. The highest BCUT2D eigenvalue weighted by Crippen LogP contribution is 2.47. The van der Waals surface area contributed by atoms with E-state index in [1.165, 1.54) is 0 Å². The lowest BCUT2D eigenvalue weighted by Gasteiger charge is -2.18. The fourth-order valence-electron chi connectivity index (χ4n) is 3.40. The maximum atomic E-state index is 12.9. The van der Waals surface area contributed by atoms with E-state index >= 15 is 0 Å². The first-order valence-corrected chi connectivity index (χ1v) is 9.81. The van der Waals surface area contributed by atoms with Gasteiger partial charge in [-0.3, -0.25) is 9.59 Å².